The molecular weight excluding hydrogens is 356 g/mol. The fourth-order valence-corrected chi connectivity index (χ4v) is 5.13. The Hall–Kier alpha value is -1.85. The summed E-state index contributed by atoms with van der Waals surface area (Å²) in [6.45, 7) is 9.36. The molecule has 4 nitrogen and oxygen atoms in total. The van der Waals surface area contributed by atoms with Crippen molar-refractivity contribution < 1.29 is 9.53 Å². The van der Waals surface area contributed by atoms with E-state index < -0.39 is 0 Å². The van der Waals surface area contributed by atoms with Crippen LogP contribution in [0.3, 0.4) is 0 Å². The number of amides is 1. The first-order valence-corrected chi connectivity index (χ1v) is 10.5. The zero-order valence-corrected chi connectivity index (χ0v) is 17.2. The molecule has 1 saturated heterocycles. The van der Waals surface area contributed by atoms with Crippen molar-refractivity contribution in [3.05, 3.63) is 51.2 Å². The average Bonchev–Trinajstić information content (AvgIpc) is 3.28. The van der Waals surface area contributed by atoms with Crippen molar-refractivity contribution in [1.82, 2.24) is 4.90 Å². The first kappa shape index (κ1) is 18.5. The topological polar surface area (TPSA) is 55.6 Å². The van der Waals surface area contributed by atoms with Crippen LogP contribution >= 0.6 is 11.3 Å². The van der Waals surface area contributed by atoms with Gasteiger partial charge in [0.2, 0.25) is 0 Å². The minimum Gasteiger partial charge on any atom is -0.492 e. The number of carbonyl (C=O) groups is 1. The van der Waals surface area contributed by atoms with Gasteiger partial charge in [0.15, 0.2) is 0 Å². The fourth-order valence-electron chi connectivity index (χ4n) is 4.10. The molecule has 0 aliphatic carbocycles. The fraction of sp³-hybridized carbons (Fsp3) is 0.500. The molecule has 144 valence electrons. The second-order valence-corrected chi connectivity index (χ2v) is 9.89. The Morgan fingerprint density at radius 2 is 1.96 bits per heavy atom. The molecule has 1 aromatic carbocycles. The van der Waals surface area contributed by atoms with Crippen molar-refractivity contribution in [2.45, 2.75) is 51.0 Å². The van der Waals surface area contributed by atoms with E-state index in [0.717, 1.165) is 42.1 Å². The summed E-state index contributed by atoms with van der Waals surface area (Å²) in [4.78, 5) is 17.1. The Morgan fingerprint density at radius 3 is 2.59 bits per heavy atom. The number of nitrogens with two attached hydrogens (primary N) is 1. The molecule has 0 atom stereocenters. The minimum atomic E-state index is 0.0311. The van der Waals surface area contributed by atoms with E-state index in [-0.39, 0.29) is 16.7 Å². The van der Waals surface area contributed by atoms with E-state index in [0.29, 0.717) is 13.2 Å². The van der Waals surface area contributed by atoms with Crippen LogP contribution in [-0.2, 0) is 17.4 Å². The quantitative estimate of drug-likeness (QED) is 0.849. The number of piperidine rings is 1. The molecule has 2 aliphatic heterocycles. The summed E-state index contributed by atoms with van der Waals surface area (Å²) >= 11 is 1.63. The third-order valence-corrected chi connectivity index (χ3v) is 7.42. The van der Waals surface area contributed by atoms with Crippen LogP contribution in [0, 0.1) is 0 Å². The molecule has 1 spiro atoms. The molecule has 1 amide bonds. The van der Waals surface area contributed by atoms with Crippen LogP contribution in [-0.4, -0.2) is 30.5 Å². The number of hydrogen-bond acceptors (Lipinski definition) is 4. The highest BCUT2D eigenvalue weighted by Gasteiger charge is 2.44. The van der Waals surface area contributed by atoms with Gasteiger partial charge in [0.25, 0.3) is 5.91 Å². The number of ether oxygens (including phenoxy) is 1. The van der Waals surface area contributed by atoms with Gasteiger partial charge in [-0.05, 0) is 42.0 Å². The number of benzene rings is 1. The molecule has 1 fully saturated rings. The van der Waals surface area contributed by atoms with E-state index in [1.54, 1.807) is 11.3 Å². The Balaban J connectivity index is 1.49. The maximum absolute atomic E-state index is 13.0. The van der Waals surface area contributed by atoms with E-state index >= 15 is 0 Å². The number of rotatable bonds is 2. The molecule has 27 heavy (non-hydrogen) atoms. The van der Waals surface area contributed by atoms with Crippen LogP contribution in [0.25, 0.3) is 0 Å². The summed E-state index contributed by atoms with van der Waals surface area (Å²) < 4.78 is 5.97. The number of thiophene rings is 1. The standard InChI is InChI=1S/C22H28N2O2S/c1-21(2,3)19-7-6-18(27-19)20(25)24-10-8-22(9-11-24)14-26-17-5-4-15(13-23)12-16(17)22/h4-7,12H,8-11,13-14,23H2,1-3H3. The lowest BCUT2D eigenvalue weighted by molar-refractivity contribution is 0.0651. The molecule has 0 radical (unpaired) electrons. The summed E-state index contributed by atoms with van der Waals surface area (Å²) in [6, 6.07) is 10.4. The summed E-state index contributed by atoms with van der Waals surface area (Å²) in [5.41, 5.74) is 8.37. The SMILES string of the molecule is CC(C)(C)c1ccc(C(=O)N2CCC3(CC2)COc2ccc(CN)cc23)s1. The van der Waals surface area contributed by atoms with Crippen molar-refractivity contribution in [3.63, 3.8) is 0 Å². The number of hydrogen-bond donors (Lipinski definition) is 1. The van der Waals surface area contributed by atoms with Crippen LogP contribution in [0.15, 0.2) is 30.3 Å². The Morgan fingerprint density at radius 1 is 1.22 bits per heavy atom. The van der Waals surface area contributed by atoms with Crippen molar-refractivity contribution in [1.29, 1.82) is 0 Å². The zero-order valence-electron chi connectivity index (χ0n) is 16.4. The van der Waals surface area contributed by atoms with Gasteiger partial charge in [-0.2, -0.15) is 0 Å². The minimum absolute atomic E-state index is 0.0311. The monoisotopic (exact) mass is 384 g/mol. The molecule has 1 aromatic heterocycles. The summed E-state index contributed by atoms with van der Waals surface area (Å²) in [5, 5.41) is 0. The number of likely N-dealkylation sites (tertiary alicyclic amines) is 1. The van der Waals surface area contributed by atoms with Gasteiger partial charge in [0.1, 0.15) is 5.75 Å². The lowest BCUT2D eigenvalue weighted by Gasteiger charge is -2.38. The van der Waals surface area contributed by atoms with Crippen molar-refractivity contribution in [3.8, 4) is 5.75 Å². The molecule has 0 unspecified atom stereocenters. The van der Waals surface area contributed by atoms with Crippen molar-refractivity contribution in [2.75, 3.05) is 19.7 Å². The molecule has 2 aliphatic rings. The van der Waals surface area contributed by atoms with E-state index in [2.05, 4.69) is 32.9 Å². The smallest absolute Gasteiger partial charge is 0.263 e. The van der Waals surface area contributed by atoms with Gasteiger partial charge >= 0.3 is 0 Å². The third-order valence-electron chi connectivity index (χ3n) is 5.92. The Labute approximate surface area is 165 Å². The summed E-state index contributed by atoms with van der Waals surface area (Å²) in [5.74, 6) is 1.15. The molecule has 0 saturated carbocycles. The van der Waals surface area contributed by atoms with Gasteiger partial charge < -0.3 is 15.4 Å². The summed E-state index contributed by atoms with van der Waals surface area (Å²) in [6.07, 6.45) is 1.88. The predicted molar refractivity (Wildman–Crippen MR) is 110 cm³/mol. The van der Waals surface area contributed by atoms with Gasteiger partial charge in [-0.15, -0.1) is 11.3 Å². The van der Waals surface area contributed by atoms with Crippen LogP contribution in [0.1, 0.15) is 59.3 Å². The first-order valence-electron chi connectivity index (χ1n) is 9.68. The largest absolute Gasteiger partial charge is 0.492 e. The summed E-state index contributed by atoms with van der Waals surface area (Å²) in [7, 11) is 0. The van der Waals surface area contributed by atoms with Gasteiger partial charge in [-0.3, -0.25) is 4.79 Å². The third kappa shape index (κ3) is 3.27. The van der Waals surface area contributed by atoms with Gasteiger partial charge in [0.05, 0.1) is 11.5 Å². The predicted octanol–water partition coefficient (Wildman–Crippen LogP) is 4.07. The number of fused-ring (bicyclic) bond motifs is 2. The normalized spacial score (nSPS) is 18.4. The highest BCUT2D eigenvalue weighted by atomic mass is 32.1. The number of nitrogens with zero attached hydrogens (tertiary/aromatic N) is 1. The zero-order chi connectivity index (χ0) is 19.2. The van der Waals surface area contributed by atoms with Crippen LogP contribution in [0.2, 0.25) is 0 Å². The van der Waals surface area contributed by atoms with Gasteiger partial charge in [0, 0.05) is 35.5 Å². The van der Waals surface area contributed by atoms with Crippen LogP contribution in [0.5, 0.6) is 5.75 Å². The second-order valence-electron chi connectivity index (χ2n) is 8.81. The van der Waals surface area contributed by atoms with Crippen LogP contribution in [0.4, 0.5) is 0 Å². The Bertz CT molecular complexity index is 857. The maximum atomic E-state index is 13.0. The Kier molecular flexibility index (Phi) is 4.55. The van der Waals surface area contributed by atoms with Crippen molar-refractivity contribution in [2.24, 2.45) is 5.73 Å². The molecule has 3 heterocycles. The molecule has 2 aromatic rings. The van der Waals surface area contributed by atoms with E-state index in [1.807, 2.05) is 23.1 Å². The molecule has 4 rings (SSSR count). The average molecular weight is 385 g/mol. The second kappa shape index (κ2) is 6.64. The maximum Gasteiger partial charge on any atom is 0.263 e. The molecule has 2 N–H and O–H groups in total. The highest BCUT2D eigenvalue weighted by molar-refractivity contribution is 7.14. The van der Waals surface area contributed by atoms with E-state index in [9.17, 15) is 4.79 Å². The highest BCUT2D eigenvalue weighted by Crippen LogP contribution is 2.46. The van der Waals surface area contributed by atoms with E-state index in [4.69, 9.17) is 10.5 Å². The lowest BCUT2D eigenvalue weighted by atomic mass is 9.74. The number of carbonyl (C=O) groups excluding carboxylic acids is 1. The molecule has 0 bridgehead atoms. The van der Waals surface area contributed by atoms with Gasteiger partial charge in [-0.1, -0.05) is 32.9 Å². The van der Waals surface area contributed by atoms with Gasteiger partial charge in [-0.25, -0.2) is 0 Å². The van der Waals surface area contributed by atoms with E-state index in [1.165, 1.54) is 10.4 Å². The first-order chi connectivity index (χ1) is 12.8. The van der Waals surface area contributed by atoms with Crippen LogP contribution < -0.4 is 10.5 Å². The van der Waals surface area contributed by atoms with Crippen molar-refractivity contribution >= 4 is 17.2 Å². The lowest BCUT2D eigenvalue weighted by Crippen LogP contribution is -2.45. The molecular formula is C22H28N2O2S. The molecule has 5 heteroatoms.